The number of hydrogen-bond donors (Lipinski definition) is 1. The minimum absolute atomic E-state index is 0.0722. The van der Waals surface area contributed by atoms with E-state index in [0.717, 1.165) is 31.2 Å². The van der Waals surface area contributed by atoms with Crippen molar-refractivity contribution in [2.24, 2.45) is 16.7 Å². The Hall–Kier alpha value is -2.29. The Morgan fingerprint density at radius 2 is 2.04 bits per heavy atom. The number of nitrogens with zero attached hydrogens (tertiary/aromatic N) is 4. The molecule has 0 unspecified atom stereocenters. The van der Waals surface area contributed by atoms with Crippen molar-refractivity contribution in [3.05, 3.63) is 23.9 Å². The van der Waals surface area contributed by atoms with Crippen LogP contribution in [0.2, 0.25) is 0 Å². The molecular weight excluding hydrogens is 338 g/mol. The largest absolute Gasteiger partial charge is 0.353 e. The van der Waals surface area contributed by atoms with Gasteiger partial charge in [0.1, 0.15) is 5.82 Å². The van der Waals surface area contributed by atoms with E-state index in [2.05, 4.69) is 42.0 Å². The molecule has 1 aliphatic heterocycles. The summed E-state index contributed by atoms with van der Waals surface area (Å²) in [5.41, 5.74) is 1.13. The summed E-state index contributed by atoms with van der Waals surface area (Å²) in [6, 6.07) is 6.04. The number of fused-ring (bicyclic) bond motifs is 2. The molecule has 144 valence electrons. The molecule has 3 atom stereocenters. The van der Waals surface area contributed by atoms with Gasteiger partial charge in [0, 0.05) is 38.4 Å². The summed E-state index contributed by atoms with van der Waals surface area (Å²) in [5, 5.41) is 12.4. The number of amides is 2. The van der Waals surface area contributed by atoms with Gasteiger partial charge in [-0.05, 0) is 48.1 Å². The van der Waals surface area contributed by atoms with Crippen molar-refractivity contribution < 1.29 is 4.79 Å². The minimum atomic E-state index is 0.0722. The number of pyridine rings is 1. The van der Waals surface area contributed by atoms with Crippen LogP contribution in [0.15, 0.2) is 18.3 Å². The van der Waals surface area contributed by atoms with Gasteiger partial charge >= 0.3 is 6.03 Å². The maximum Gasteiger partial charge on any atom is 0.317 e. The number of carbonyl (C=O) groups is 1. The van der Waals surface area contributed by atoms with E-state index < -0.39 is 0 Å². The molecule has 3 aliphatic rings. The summed E-state index contributed by atoms with van der Waals surface area (Å²) >= 11 is 0. The zero-order valence-corrected chi connectivity index (χ0v) is 16.5. The van der Waals surface area contributed by atoms with Crippen LogP contribution in [-0.4, -0.2) is 48.1 Å². The number of piperazine rings is 1. The Kier molecular flexibility index (Phi) is 4.29. The highest BCUT2D eigenvalue weighted by atomic mass is 16.2. The third-order valence-electron chi connectivity index (χ3n) is 7.86. The summed E-state index contributed by atoms with van der Waals surface area (Å²) in [4.78, 5) is 21.3. The molecule has 4 rings (SSSR count). The first kappa shape index (κ1) is 18.1. The highest BCUT2D eigenvalue weighted by Gasteiger charge is 2.61. The second kappa shape index (κ2) is 6.40. The Bertz CT molecular complexity index is 777. The molecule has 3 fully saturated rings. The van der Waals surface area contributed by atoms with Crippen LogP contribution in [0.1, 0.15) is 45.6 Å². The van der Waals surface area contributed by atoms with Crippen LogP contribution >= 0.6 is 0 Å². The zero-order chi connectivity index (χ0) is 19.2. The Morgan fingerprint density at radius 1 is 1.30 bits per heavy atom. The van der Waals surface area contributed by atoms with E-state index in [1.165, 1.54) is 12.8 Å². The predicted octanol–water partition coefficient (Wildman–Crippen LogP) is 3.00. The lowest BCUT2D eigenvalue weighted by molar-refractivity contribution is 0.117. The van der Waals surface area contributed by atoms with E-state index in [-0.39, 0.29) is 17.5 Å². The van der Waals surface area contributed by atoms with Crippen molar-refractivity contribution in [3.8, 4) is 6.07 Å². The van der Waals surface area contributed by atoms with Gasteiger partial charge in [-0.25, -0.2) is 9.78 Å². The average molecular weight is 367 g/mol. The predicted molar refractivity (Wildman–Crippen MR) is 104 cm³/mol. The summed E-state index contributed by atoms with van der Waals surface area (Å²) < 4.78 is 0. The lowest BCUT2D eigenvalue weighted by atomic mass is 9.69. The molecule has 1 aromatic heterocycles. The molecule has 2 saturated carbocycles. The second-order valence-corrected chi connectivity index (χ2v) is 9.10. The average Bonchev–Trinajstić information content (AvgIpc) is 3.01. The molecule has 1 N–H and O–H groups in total. The highest BCUT2D eigenvalue weighted by Crippen LogP contribution is 2.65. The van der Waals surface area contributed by atoms with Crippen LogP contribution in [0.5, 0.6) is 0 Å². The lowest BCUT2D eigenvalue weighted by Gasteiger charge is -2.41. The fourth-order valence-electron chi connectivity index (χ4n) is 5.46. The van der Waals surface area contributed by atoms with Crippen LogP contribution in [0.4, 0.5) is 10.6 Å². The van der Waals surface area contributed by atoms with E-state index in [1.54, 1.807) is 12.3 Å². The Labute approximate surface area is 161 Å². The molecule has 1 saturated heterocycles. The summed E-state index contributed by atoms with van der Waals surface area (Å²) in [6.07, 6.45) is 5.29. The quantitative estimate of drug-likeness (QED) is 0.872. The SMILES string of the molecule is CC1(C)[C@H]2CC[C@@]1(C)[C@@H](NC(=O)N1CCN(c3cc(C#N)ccn3)CC1)C2. The number of hydrogen-bond acceptors (Lipinski definition) is 4. The molecule has 6 nitrogen and oxygen atoms in total. The number of aromatic nitrogens is 1. The third-order valence-corrected chi connectivity index (χ3v) is 7.86. The van der Waals surface area contributed by atoms with Crippen molar-refractivity contribution in [3.63, 3.8) is 0 Å². The molecule has 2 aliphatic carbocycles. The van der Waals surface area contributed by atoms with Gasteiger partial charge in [0.05, 0.1) is 11.6 Å². The first-order chi connectivity index (χ1) is 12.8. The van der Waals surface area contributed by atoms with E-state index in [9.17, 15) is 4.79 Å². The normalized spacial score (nSPS) is 31.6. The molecule has 2 heterocycles. The molecular formula is C21H29N5O. The first-order valence-corrected chi connectivity index (χ1v) is 10.0. The molecule has 0 spiro atoms. The summed E-state index contributed by atoms with van der Waals surface area (Å²) in [6.45, 7) is 9.95. The van der Waals surface area contributed by atoms with Crippen LogP contribution < -0.4 is 10.2 Å². The molecule has 0 radical (unpaired) electrons. The molecule has 0 aromatic carbocycles. The van der Waals surface area contributed by atoms with E-state index in [1.807, 2.05) is 11.0 Å². The first-order valence-electron chi connectivity index (χ1n) is 10.0. The second-order valence-electron chi connectivity index (χ2n) is 9.10. The van der Waals surface area contributed by atoms with Gasteiger partial charge in [-0.2, -0.15) is 5.26 Å². The fourth-order valence-corrected chi connectivity index (χ4v) is 5.46. The topological polar surface area (TPSA) is 72.3 Å². The maximum absolute atomic E-state index is 12.9. The third kappa shape index (κ3) is 2.84. The number of carbonyl (C=O) groups excluding carboxylic acids is 1. The number of urea groups is 1. The van der Waals surface area contributed by atoms with Gasteiger partial charge in [-0.3, -0.25) is 0 Å². The van der Waals surface area contributed by atoms with Crippen LogP contribution in [0.25, 0.3) is 0 Å². The number of anilines is 1. The van der Waals surface area contributed by atoms with Crippen LogP contribution in [0, 0.1) is 28.1 Å². The minimum Gasteiger partial charge on any atom is -0.353 e. The standard InChI is InChI=1S/C21H29N5O/c1-20(2)16-4-6-21(20,3)17(13-16)24-19(27)26-10-8-25(9-11-26)18-12-15(14-22)5-7-23-18/h5,7,12,16-17H,4,6,8-11,13H2,1-3H3,(H,24,27)/t16-,17-,21-/m0/s1. The van der Waals surface area contributed by atoms with Crippen molar-refractivity contribution in [2.45, 2.75) is 46.1 Å². The lowest BCUT2D eigenvalue weighted by Crippen LogP contribution is -2.56. The van der Waals surface area contributed by atoms with Gasteiger partial charge in [0.2, 0.25) is 0 Å². The molecule has 1 aromatic rings. The van der Waals surface area contributed by atoms with Gasteiger partial charge in [0.25, 0.3) is 0 Å². The molecule has 27 heavy (non-hydrogen) atoms. The summed E-state index contributed by atoms with van der Waals surface area (Å²) in [7, 11) is 0. The smallest absolute Gasteiger partial charge is 0.317 e. The van der Waals surface area contributed by atoms with Gasteiger partial charge in [0.15, 0.2) is 0 Å². The van der Waals surface area contributed by atoms with Gasteiger partial charge in [-0.15, -0.1) is 0 Å². The maximum atomic E-state index is 12.9. The monoisotopic (exact) mass is 367 g/mol. The number of nitriles is 1. The van der Waals surface area contributed by atoms with Crippen molar-refractivity contribution in [1.29, 1.82) is 5.26 Å². The molecule has 2 bridgehead atoms. The zero-order valence-electron chi connectivity index (χ0n) is 16.5. The van der Waals surface area contributed by atoms with E-state index in [4.69, 9.17) is 5.26 Å². The number of rotatable bonds is 2. The Balaban J connectivity index is 1.35. The fraction of sp³-hybridized carbons (Fsp3) is 0.667. The van der Waals surface area contributed by atoms with E-state index in [0.29, 0.717) is 24.1 Å². The highest BCUT2D eigenvalue weighted by molar-refractivity contribution is 5.75. The Morgan fingerprint density at radius 3 is 2.63 bits per heavy atom. The number of nitrogens with one attached hydrogen (secondary N) is 1. The van der Waals surface area contributed by atoms with Crippen LogP contribution in [-0.2, 0) is 0 Å². The molecule has 2 amide bonds. The van der Waals surface area contributed by atoms with Crippen molar-refractivity contribution in [2.75, 3.05) is 31.1 Å². The van der Waals surface area contributed by atoms with Crippen molar-refractivity contribution in [1.82, 2.24) is 15.2 Å². The molecule has 6 heteroatoms. The summed E-state index contributed by atoms with van der Waals surface area (Å²) in [5.74, 6) is 1.54. The van der Waals surface area contributed by atoms with E-state index >= 15 is 0 Å². The van der Waals surface area contributed by atoms with Crippen molar-refractivity contribution >= 4 is 11.8 Å². The van der Waals surface area contributed by atoms with Gasteiger partial charge in [-0.1, -0.05) is 20.8 Å². The van der Waals surface area contributed by atoms with Gasteiger partial charge < -0.3 is 15.1 Å². The van der Waals surface area contributed by atoms with Crippen LogP contribution in [0.3, 0.4) is 0 Å².